The van der Waals surface area contributed by atoms with Crippen LogP contribution in [0.4, 0.5) is 0 Å². The van der Waals surface area contributed by atoms with Gasteiger partial charge >= 0.3 is 0 Å². The Morgan fingerprint density at radius 3 is 2.21 bits per heavy atom. The minimum atomic E-state index is -1.03. The molecular weight excluding hydrogens is 614 g/mol. The van der Waals surface area contributed by atoms with E-state index in [0.29, 0.717) is 6.42 Å². The monoisotopic (exact) mass is 667 g/mol. The number of carbonyl (C=O) groups is 6. The minimum Gasteiger partial charge on any atom is -0.355 e. The molecule has 0 spiro atoms. The van der Waals surface area contributed by atoms with Crippen LogP contribution in [0.15, 0.2) is 30.3 Å². The summed E-state index contributed by atoms with van der Waals surface area (Å²) in [5.74, 6) is -2.97. The summed E-state index contributed by atoms with van der Waals surface area (Å²) < 4.78 is 0. The van der Waals surface area contributed by atoms with Gasteiger partial charge in [0, 0.05) is 20.0 Å². The molecule has 13 nitrogen and oxygen atoms in total. The molecule has 6 amide bonds. The van der Waals surface area contributed by atoms with Crippen LogP contribution in [0.25, 0.3) is 0 Å². The van der Waals surface area contributed by atoms with Gasteiger partial charge in [0.2, 0.25) is 35.4 Å². The molecule has 3 fully saturated rings. The highest BCUT2D eigenvalue weighted by molar-refractivity contribution is 5.97. The van der Waals surface area contributed by atoms with Gasteiger partial charge < -0.3 is 31.5 Å². The topological polar surface area (TPSA) is 169 Å². The number of amides is 6. The fraction of sp³-hybridized carbons (Fsp3) is 0.657. The molecule has 48 heavy (non-hydrogen) atoms. The van der Waals surface area contributed by atoms with E-state index in [2.05, 4.69) is 31.5 Å². The molecule has 2 aliphatic heterocycles. The lowest BCUT2D eigenvalue weighted by Gasteiger charge is -2.38. The molecular formula is C35H53N7O6. The first-order chi connectivity index (χ1) is 22.9. The van der Waals surface area contributed by atoms with Gasteiger partial charge in [0.15, 0.2) is 0 Å². The second kappa shape index (κ2) is 16.9. The third kappa shape index (κ3) is 9.33. The third-order valence-corrected chi connectivity index (χ3v) is 9.83. The van der Waals surface area contributed by atoms with E-state index >= 15 is 0 Å². The Morgan fingerprint density at radius 2 is 1.56 bits per heavy atom. The largest absolute Gasteiger partial charge is 0.355 e. The predicted octanol–water partition coefficient (Wildman–Crippen LogP) is 0.621. The van der Waals surface area contributed by atoms with E-state index in [9.17, 15) is 28.8 Å². The van der Waals surface area contributed by atoms with Crippen molar-refractivity contribution in [3.8, 4) is 0 Å². The Kier molecular flexibility index (Phi) is 13.0. The van der Waals surface area contributed by atoms with Crippen LogP contribution in [0.2, 0.25) is 0 Å². The van der Waals surface area contributed by atoms with Gasteiger partial charge in [0.1, 0.15) is 29.7 Å². The summed E-state index contributed by atoms with van der Waals surface area (Å²) in [6.45, 7) is 6.76. The van der Waals surface area contributed by atoms with E-state index in [-0.39, 0.29) is 43.7 Å². The standard InChI is InChI=1S/C35H53N7O6/c1-23(2)29-32(46)37-24(3)30(44)38-27(21-25-13-6-5-7-14-25)33(47)41(4)22-28(43)36-18-12-15-26(31(45)40-29)39-34(48)35(16-8-9-17-35)42-19-10-11-20-42/h5-7,13-14,23-24,26-27,29H,8-12,15-22H2,1-4H3,(H,36,43)(H,37,46)(H,38,44)(H,39,48)(H,40,45)/t24-,26+,27+,29-/m1/s1. The molecule has 1 aliphatic carbocycles. The molecule has 1 aromatic rings. The molecule has 4 atom stereocenters. The van der Waals surface area contributed by atoms with Gasteiger partial charge in [0.25, 0.3) is 0 Å². The number of hydrogen-bond donors (Lipinski definition) is 5. The zero-order chi connectivity index (χ0) is 34.8. The first kappa shape index (κ1) is 36.8. The Labute approximate surface area is 283 Å². The number of hydrogen-bond acceptors (Lipinski definition) is 7. The number of likely N-dealkylation sites (N-methyl/N-ethyl adjacent to an activating group) is 1. The number of benzene rings is 1. The first-order valence-electron chi connectivity index (χ1n) is 17.4. The predicted molar refractivity (Wildman–Crippen MR) is 180 cm³/mol. The van der Waals surface area contributed by atoms with Crippen LogP contribution >= 0.6 is 0 Å². The zero-order valence-corrected chi connectivity index (χ0v) is 28.8. The van der Waals surface area contributed by atoms with Gasteiger partial charge in [-0.1, -0.05) is 57.0 Å². The van der Waals surface area contributed by atoms with Gasteiger partial charge in [-0.2, -0.15) is 0 Å². The maximum Gasteiger partial charge on any atom is 0.245 e. The minimum absolute atomic E-state index is 0.172. The summed E-state index contributed by atoms with van der Waals surface area (Å²) in [5, 5.41) is 14.1. The Hall–Kier alpha value is -4.00. The number of nitrogens with zero attached hydrogens (tertiary/aromatic N) is 2. The number of likely N-dealkylation sites (tertiary alicyclic amines) is 1. The van der Waals surface area contributed by atoms with E-state index in [4.69, 9.17) is 0 Å². The SMILES string of the molecule is CC(C)[C@H]1NC(=O)[C@@H](NC(=O)C2(N3CCCC3)CCCC2)CCCNC(=O)CN(C)C(=O)[C@H](Cc2ccccc2)NC(=O)[C@@H](C)NC1=O. The number of carbonyl (C=O) groups excluding carboxylic acids is 6. The fourth-order valence-electron chi connectivity index (χ4n) is 7.01. The lowest BCUT2D eigenvalue weighted by Crippen LogP contribution is -2.62. The molecule has 0 aromatic heterocycles. The average molecular weight is 668 g/mol. The van der Waals surface area contributed by atoms with Crippen LogP contribution in [-0.4, -0.2) is 108 Å². The van der Waals surface area contributed by atoms with Crippen LogP contribution in [0.1, 0.15) is 77.7 Å². The number of nitrogens with one attached hydrogen (secondary N) is 5. The highest BCUT2D eigenvalue weighted by Gasteiger charge is 2.47. The zero-order valence-electron chi connectivity index (χ0n) is 28.8. The summed E-state index contributed by atoms with van der Waals surface area (Å²) in [5.41, 5.74) is 0.167. The maximum atomic E-state index is 14.0. The van der Waals surface area contributed by atoms with Crippen LogP contribution in [-0.2, 0) is 35.2 Å². The summed E-state index contributed by atoms with van der Waals surface area (Å²) in [4.78, 5) is 84.5. The lowest BCUT2D eigenvalue weighted by atomic mass is 9.93. The maximum absolute atomic E-state index is 14.0. The highest BCUT2D eigenvalue weighted by Crippen LogP contribution is 2.37. The summed E-state index contributed by atoms with van der Waals surface area (Å²) in [6.07, 6.45) is 6.22. The van der Waals surface area contributed by atoms with Crippen molar-refractivity contribution in [2.75, 3.05) is 33.2 Å². The molecule has 2 heterocycles. The third-order valence-electron chi connectivity index (χ3n) is 9.83. The number of rotatable bonds is 6. The molecule has 3 aliphatic rings. The summed E-state index contributed by atoms with van der Waals surface area (Å²) in [7, 11) is 1.50. The van der Waals surface area contributed by atoms with Crippen LogP contribution in [0.3, 0.4) is 0 Å². The Bertz CT molecular complexity index is 1310. The molecule has 264 valence electrons. The van der Waals surface area contributed by atoms with Gasteiger partial charge in [0.05, 0.1) is 6.54 Å². The van der Waals surface area contributed by atoms with Crippen LogP contribution in [0, 0.1) is 5.92 Å². The second-order valence-electron chi connectivity index (χ2n) is 13.9. The van der Waals surface area contributed by atoms with Crippen molar-refractivity contribution in [3.63, 3.8) is 0 Å². The van der Waals surface area contributed by atoms with Gasteiger partial charge in [-0.05, 0) is 70.0 Å². The summed E-state index contributed by atoms with van der Waals surface area (Å²) in [6, 6.07) is 5.25. The molecule has 13 heteroatoms. The van der Waals surface area contributed by atoms with E-state index < -0.39 is 53.3 Å². The summed E-state index contributed by atoms with van der Waals surface area (Å²) >= 11 is 0. The second-order valence-corrected chi connectivity index (χ2v) is 13.9. The fourth-order valence-corrected chi connectivity index (χ4v) is 7.01. The van der Waals surface area contributed by atoms with Gasteiger partial charge in [-0.25, -0.2) is 0 Å². The van der Waals surface area contributed by atoms with Crippen LogP contribution < -0.4 is 26.6 Å². The molecule has 4 rings (SSSR count). The first-order valence-corrected chi connectivity index (χ1v) is 17.4. The smallest absolute Gasteiger partial charge is 0.245 e. The molecule has 0 unspecified atom stereocenters. The molecule has 1 saturated carbocycles. The van der Waals surface area contributed by atoms with Crippen molar-refractivity contribution >= 4 is 35.4 Å². The highest BCUT2D eigenvalue weighted by atomic mass is 16.2. The van der Waals surface area contributed by atoms with Gasteiger partial charge in [-0.15, -0.1) is 0 Å². The van der Waals surface area contributed by atoms with E-state index in [1.807, 2.05) is 30.3 Å². The van der Waals surface area contributed by atoms with E-state index in [0.717, 1.165) is 57.2 Å². The van der Waals surface area contributed by atoms with Crippen molar-refractivity contribution in [1.82, 2.24) is 36.4 Å². The van der Waals surface area contributed by atoms with Crippen LogP contribution in [0.5, 0.6) is 0 Å². The molecule has 1 aromatic carbocycles. The normalized spacial score (nSPS) is 27.0. The molecule has 0 bridgehead atoms. The van der Waals surface area contributed by atoms with Crippen molar-refractivity contribution in [2.45, 2.75) is 108 Å². The molecule has 2 saturated heterocycles. The van der Waals surface area contributed by atoms with Crippen molar-refractivity contribution in [2.24, 2.45) is 5.92 Å². The van der Waals surface area contributed by atoms with Gasteiger partial charge in [-0.3, -0.25) is 33.7 Å². The molecule has 0 radical (unpaired) electrons. The van der Waals surface area contributed by atoms with E-state index in [1.165, 1.54) is 18.9 Å². The van der Waals surface area contributed by atoms with Crippen molar-refractivity contribution in [3.05, 3.63) is 35.9 Å². The Morgan fingerprint density at radius 1 is 0.896 bits per heavy atom. The quantitative estimate of drug-likeness (QED) is 0.296. The van der Waals surface area contributed by atoms with Crippen molar-refractivity contribution in [1.29, 1.82) is 0 Å². The lowest BCUT2D eigenvalue weighted by molar-refractivity contribution is -0.139. The Balaban J connectivity index is 1.55. The molecule has 5 N–H and O–H groups in total. The van der Waals surface area contributed by atoms with Crippen molar-refractivity contribution < 1.29 is 28.8 Å². The van der Waals surface area contributed by atoms with E-state index in [1.54, 1.807) is 13.8 Å². The average Bonchev–Trinajstić information content (AvgIpc) is 3.78.